The highest BCUT2D eigenvalue weighted by molar-refractivity contribution is 6.31. The minimum Gasteiger partial charge on any atom is -0.346 e. The number of piperazine rings is 1. The number of nitrogens with zero attached hydrogens (tertiary/aromatic N) is 2. The molecule has 156 valence electrons. The number of carbonyl (C=O) groups is 3. The third kappa shape index (κ3) is 6.65. The van der Waals surface area contributed by atoms with Crippen molar-refractivity contribution >= 4 is 41.7 Å². The van der Waals surface area contributed by atoms with Gasteiger partial charge in [0.25, 0.3) is 0 Å². The van der Waals surface area contributed by atoms with Crippen LogP contribution in [0.25, 0.3) is 0 Å². The maximum absolute atomic E-state index is 12.4. The number of amides is 3. The lowest BCUT2D eigenvalue weighted by atomic mass is 10.1. The maximum atomic E-state index is 12.4. The standard InChI is InChI=1S/C19H27ClN4O3.ClH/c1-13(2)18(21)19(27)22-12-17(26)24-9-7-23(8-10-24)16(25)11-14-5-3-4-6-15(14)20;/h3-6,13,18H,7-12,21H2,1-2H3,(H,22,27);1H/t18-;/m0./s1. The molecule has 1 aliphatic rings. The predicted molar refractivity (Wildman–Crippen MR) is 111 cm³/mol. The number of nitrogens with two attached hydrogens (primary N) is 1. The summed E-state index contributed by atoms with van der Waals surface area (Å²) in [5, 5.41) is 3.16. The largest absolute Gasteiger partial charge is 0.346 e. The molecule has 1 saturated heterocycles. The fourth-order valence-corrected chi connectivity index (χ4v) is 3.02. The van der Waals surface area contributed by atoms with Gasteiger partial charge >= 0.3 is 0 Å². The van der Waals surface area contributed by atoms with Crippen LogP contribution >= 0.6 is 24.0 Å². The Hall–Kier alpha value is -1.83. The average molecular weight is 431 g/mol. The van der Waals surface area contributed by atoms with Gasteiger partial charge in [0.1, 0.15) is 0 Å². The molecule has 0 radical (unpaired) electrons. The molecule has 0 aliphatic carbocycles. The van der Waals surface area contributed by atoms with E-state index in [0.29, 0.717) is 31.2 Å². The van der Waals surface area contributed by atoms with Crippen LogP contribution in [-0.2, 0) is 20.8 Å². The number of hydrogen-bond acceptors (Lipinski definition) is 4. The molecule has 0 saturated carbocycles. The first-order valence-corrected chi connectivity index (χ1v) is 9.49. The van der Waals surface area contributed by atoms with E-state index in [1.807, 2.05) is 32.0 Å². The van der Waals surface area contributed by atoms with E-state index in [-0.39, 0.29) is 49.0 Å². The van der Waals surface area contributed by atoms with Crippen LogP contribution in [0, 0.1) is 5.92 Å². The molecule has 1 atom stereocenters. The minimum atomic E-state index is -0.628. The van der Waals surface area contributed by atoms with Gasteiger partial charge < -0.3 is 20.9 Å². The van der Waals surface area contributed by atoms with Crippen molar-refractivity contribution in [3.05, 3.63) is 34.9 Å². The number of nitrogens with one attached hydrogen (secondary N) is 1. The molecular weight excluding hydrogens is 403 g/mol. The van der Waals surface area contributed by atoms with Crippen molar-refractivity contribution in [3.63, 3.8) is 0 Å². The van der Waals surface area contributed by atoms with Crippen LogP contribution in [0.4, 0.5) is 0 Å². The van der Waals surface area contributed by atoms with Crippen molar-refractivity contribution in [1.82, 2.24) is 15.1 Å². The van der Waals surface area contributed by atoms with Gasteiger partial charge in [-0.2, -0.15) is 0 Å². The summed E-state index contributed by atoms with van der Waals surface area (Å²) in [6.45, 7) is 5.45. The van der Waals surface area contributed by atoms with Crippen molar-refractivity contribution in [1.29, 1.82) is 0 Å². The molecule has 28 heavy (non-hydrogen) atoms. The van der Waals surface area contributed by atoms with Gasteiger partial charge in [-0.1, -0.05) is 43.6 Å². The highest BCUT2D eigenvalue weighted by Crippen LogP contribution is 2.16. The summed E-state index contributed by atoms with van der Waals surface area (Å²) in [5.74, 6) is -0.497. The summed E-state index contributed by atoms with van der Waals surface area (Å²) in [6.07, 6.45) is 0.247. The fraction of sp³-hybridized carbons (Fsp3) is 0.526. The molecular formula is C19H28Cl2N4O3. The number of benzene rings is 1. The van der Waals surface area contributed by atoms with Crippen molar-refractivity contribution < 1.29 is 14.4 Å². The summed E-state index contributed by atoms with van der Waals surface area (Å²) in [7, 11) is 0. The van der Waals surface area contributed by atoms with Crippen LogP contribution in [0.2, 0.25) is 5.02 Å². The average Bonchev–Trinajstić information content (AvgIpc) is 2.66. The van der Waals surface area contributed by atoms with Gasteiger partial charge in [0.15, 0.2) is 0 Å². The summed E-state index contributed by atoms with van der Waals surface area (Å²) >= 11 is 6.11. The second-order valence-corrected chi connectivity index (χ2v) is 7.42. The van der Waals surface area contributed by atoms with E-state index in [0.717, 1.165) is 5.56 Å². The quantitative estimate of drug-likeness (QED) is 0.705. The van der Waals surface area contributed by atoms with Gasteiger partial charge in [0.05, 0.1) is 19.0 Å². The molecule has 1 aliphatic heterocycles. The lowest BCUT2D eigenvalue weighted by Gasteiger charge is -2.35. The van der Waals surface area contributed by atoms with Crippen molar-refractivity contribution in [2.75, 3.05) is 32.7 Å². The number of hydrogen-bond donors (Lipinski definition) is 2. The minimum absolute atomic E-state index is 0. The Balaban J connectivity index is 0.00000392. The van der Waals surface area contributed by atoms with Crippen molar-refractivity contribution in [2.45, 2.75) is 26.3 Å². The Bertz CT molecular complexity index is 692. The molecule has 1 aromatic rings. The van der Waals surface area contributed by atoms with E-state index >= 15 is 0 Å². The molecule has 1 aromatic carbocycles. The molecule has 3 amide bonds. The first-order chi connectivity index (χ1) is 12.8. The molecule has 0 spiro atoms. The third-order valence-corrected chi connectivity index (χ3v) is 5.09. The van der Waals surface area contributed by atoms with Gasteiger partial charge in [-0.05, 0) is 17.5 Å². The lowest BCUT2D eigenvalue weighted by Crippen LogP contribution is -2.54. The van der Waals surface area contributed by atoms with Crippen LogP contribution in [0.15, 0.2) is 24.3 Å². The monoisotopic (exact) mass is 430 g/mol. The highest BCUT2D eigenvalue weighted by atomic mass is 35.5. The summed E-state index contributed by atoms with van der Waals surface area (Å²) in [6, 6.07) is 6.65. The van der Waals surface area contributed by atoms with Gasteiger partial charge in [-0.3, -0.25) is 14.4 Å². The fourth-order valence-electron chi connectivity index (χ4n) is 2.82. The number of halogens is 2. The zero-order chi connectivity index (χ0) is 20.0. The zero-order valence-corrected chi connectivity index (χ0v) is 17.8. The Labute approximate surface area is 177 Å². The second kappa shape index (κ2) is 11.2. The Morgan fingerprint density at radius 3 is 2.14 bits per heavy atom. The van der Waals surface area contributed by atoms with Gasteiger partial charge in [0, 0.05) is 31.2 Å². The maximum Gasteiger partial charge on any atom is 0.242 e. The lowest BCUT2D eigenvalue weighted by molar-refractivity contribution is -0.139. The first-order valence-electron chi connectivity index (χ1n) is 9.12. The van der Waals surface area contributed by atoms with E-state index in [4.69, 9.17) is 17.3 Å². The van der Waals surface area contributed by atoms with Crippen molar-refractivity contribution in [2.24, 2.45) is 11.7 Å². The SMILES string of the molecule is CC(C)[C@H](N)C(=O)NCC(=O)N1CCN(C(=O)Cc2ccccc2Cl)CC1.Cl. The van der Waals surface area contributed by atoms with Gasteiger partial charge in [0.2, 0.25) is 17.7 Å². The van der Waals surface area contributed by atoms with Crippen LogP contribution in [-0.4, -0.2) is 66.3 Å². The molecule has 0 bridgehead atoms. The second-order valence-electron chi connectivity index (χ2n) is 7.02. The molecule has 1 heterocycles. The molecule has 1 fully saturated rings. The van der Waals surface area contributed by atoms with E-state index < -0.39 is 6.04 Å². The smallest absolute Gasteiger partial charge is 0.242 e. The summed E-state index contributed by atoms with van der Waals surface area (Å²) in [4.78, 5) is 39.9. The van der Waals surface area contributed by atoms with E-state index in [1.165, 1.54) is 0 Å². The number of rotatable bonds is 6. The van der Waals surface area contributed by atoms with E-state index in [9.17, 15) is 14.4 Å². The summed E-state index contributed by atoms with van der Waals surface area (Å²) in [5.41, 5.74) is 6.56. The van der Waals surface area contributed by atoms with Crippen LogP contribution in [0.1, 0.15) is 19.4 Å². The first kappa shape index (κ1) is 24.2. The Morgan fingerprint density at radius 1 is 1.07 bits per heavy atom. The molecule has 7 nitrogen and oxygen atoms in total. The summed E-state index contributed by atoms with van der Waals surface area (Å²) < 4.78 is 0. The van der Waals surface area contributed by atoms with Crippen LogP contribution < -0.4 is 11.1 Å². The molecule has 9 heteroatoms. The van der Waals surface area contributed by atoms with E-state index in [2.05, 4.69) is 5.32 Å². The van der Waals surface area contributed by atoms with Crippen LogP contribution in [0.5, 0.6) is 0 Å². The van der Waals surface area contributed by atoms with Crippen LogP contribution in [0.3, 0.4) is 0 Å². The van der Waals surface area contributed by atoms with Gasteiger partial charge in [-0.25, -0.2) is 0 Å². The predicted octanol–water partition coefficient (Wildman–Crippen LogP) is 1.07. The number of carbonyl (C=O) groups excluding carboxylic acids is 3. The zero-order valence-electron chi connectivity index (χ0n) is 16.2. The molecule has 0 aromatic heterocycles. The highest BCUT2D eigenvalue weighted by Gasteiger charge is 2.25. The molecule has 0 unspecified atom stereocenters. The third-order valence-electron chi connectivity index (χ3n) is 4.72. The topological polar surface area (TPSA) is 95.7 Å². The molecule has 3 N–H and O–H groups in total. The Morgan fingerprint density at radius 2 is 1.61 bits per heavy atom. The molecule has 2 rings (SSSR count). The normalized spacial score (nSPS) is 15.0. The van der Waals surface area contributed by atoms with Crippen molar-refractivity contribution in [3.8, 4) is 0 Å². The van der Waals surface area contributed by atoms with E-state index in [1.54, 1.807) is 15.9 Å². The Kier molecular flexibility index (Phi) is 9.72. The van der Waals surface area contributed by atoms with Gasteiger partial charge in [-0.15, -0.1) is 12.4 Å².